The monoisotopic (exact) mass is 382 g/mol. The number of nitrogens with one attached hydrogen (secondary N) is 2. The van der Waals surface area contributed by atoms with Crippen LogP contribution in [0.2, 0.25) is 10.0 Å². The van der Waals surface area contributed by atoms with Gasteiger partial charge in [0.15, 0.2) is 0 Å². The fraction of sp³-hybridized carbons (Fsp3) is 0.176. The number of aryl methyl sites for hydroxylation is 1. The highest BCUT2D eigenvalue weighted by Gasteiger charge is 2.08. The smallest absolute Gasteiger partial charge is 0.234 e. The lowest BCUT2D eigenvalue weighted by molar-refractivity contribution is -0.114. The molecule has 126 valence electrons. The molecule has 24 heavy (non-hydrogen) atoms. The number of benzene rings is 2. The minimum Gasteiger partial charge on any atom is -0.325 e. The molecule has 0 fully saturated rings. The highest BCUT2D eigenvalue weighted by Crippen LogP contribution is 2.25. The van der Waals surface area contributed by atoms with Gasteiger partial charge < -0.3 is 10.6 Å². The molecule has 0 unspecified atom stereocenters. The molecule has 0 aromatic heterocycles. The molecule has 0 aliphatic rings. The lowest BCUT2D eigenvalue weighted by Crippen LogP contribution is -2.18. The molecular weight excluding hydrogens is 367 g/mol. The number of hydrogen-bond acceptors (Lipinski definition) is 3. The predicted molar refractivity (Wildman–Crippen MR) is 102 cm³/mol. The summed E-state index contributed by atoms with van der Waals surface area (Å²) in [4.78, 5) is 23.8. The van der Waals surface area contributed by atoms with Crippen LogP contribution in [0.15, 0.2) is 42.5 Å². The molecule has 2 N–H and O–H groups in total. The lowest BCUT2D eigenvalue weighted by atomic mass is 10.2. The fourth-order valence-corrected chi connectivity index (χ4v) is 2.82. The molecule has 0 spiro atoms. The van der Waals surface area contributed by atoms with Crippen LogP contribution in [0, 0.1) is 6.92 Å². The normalized spacial score (nSPS) is 10.3. The summed E-state index contributed by atoms with van der Waals surface area (Å²) < 4.78 is 0. The zero-order valence-corrected chi connectivity index (χ0v) is 15.3. The van der Waals surface area contributed by atoms with Gasteiger partial charge in [-0.05, 0) is 36.8 Å². The molecule has 7 heteroatoms. The summed E-state index contributed by atoms with van der Waals surface area (Å²) in [6.07, 6.45) is 0. The quantitative estimate of drug-likeness (QED) is 0.766. The molecule has 0 atom stereocenters. The van der Waals surface area contributed by atoms with E-state index in [1.807, 2.05) is 31.2 Å². The van der Waals surface area contributed by atoms with Crippen LogP contribution in [0.5, 0.6) is 0 Å². The average Bonchev–Trinajstić information content (AvgIpc) is 2.53. The van der Waals surface area contributed by atoms with Crippen molar-refractivity contribution in [2.75, 3.05) is 22.1 Å². The van der Waals surface area contributed by atoms with Crippen molar-refractivity contribution >= 4 is 58.2 Å². The van der Waals surface area contributed by atoms with Crippen LogP contribution in [0.3, 0.4) is 0 Å². The van der Waals surface area contributed by atoms with Crippen molar-refractivity contribution in [1.82, 2.24) is 0 Å². The largest absolute Gasteiger partial charge is 0.325 e. The Morgan fingerprint density at radius 2 is 1.62 bits per heavy atom. The number of carbonyl (C=O) groups is 2. The van der Waals surface area contributed by atoms with Gasteiger partial charge in [-0.3, -0.25) is 9.59 Å². The Labute approximate surface area is 154 Å². The molecule has 0 aliphatic carbocycles. The van der Waals surface area contributed by atoms with E-state index in [0.29, 0.717) is 15.7 Å². The highest BCUT2D eigenvalue weighted by atomic mass is 35.5. The molecule has 0 radical (unpaired) electrons. The number of rotatable bonds is 6. The van der Waals surface area contributed by atoms with Crippen LogP contribution in [-0.4, -0.2) is 23.3 Å². The van der Waals surface area contributed by atoms with E-state index in [1.165, 1.54) is 11.8 Å². The van der Waals surface area contributed by atoms with Crippen molar-refractivity contribution in [3.63, 3.8) is 0 Å². The molecule has 4 nitrogen and oxygen atoms in total. The standard InChI is InChI=1S/C17H16Cl2N2O2S/c1-11-4-2-3-5-15(11)21-17(23)10-24-9-16(22)20-12-6-7-13(18)14(19)8-12/h2-8H,9-10H2,1H3,(H,20,22)(H,21,23). The molecule has 2 rings (SSSR count). The topological polar surface area (TPSA) is 58.2 Å². The second-order valence-electron chi connectivity index (χ2n) is 5.03. The Morgan fingerprint density at radius 3 is 2.29 bits per heavy atom. The number of amides is 2. The van der Waals surface area contributed by atoms with Crippen LogP contribution >= 0.6 is 35.0 Å². The van der Waals surface area contributed by atoms with Crippen LogP contribution in [0.25, 0.3) is 0 Å². The van der Waals surface area contributed by atoms with E-state index in [9.17, 15) is 9.59 Å². The van der Waals surface area contributed by atoms with Gasteiger partial charge in [0.05, 0.1) is 21.6 Å². The SMILES string of the molecule is Cc1ccccc1NC(=O)CSCC(=O)Nc1ccc(Cl)c(Cl)c1. The van der Waals surface area contributed by atoms with E-state index in [-0.39, 0.29) is 23.3 Å². The molecular formula is C17H16Cl2N2O2S. The summed E-state index contributed by atoms with van der Waals surface area (Å²) in [5, 5.41) is 6.33. The summed E-state index contributed by atoms with van der Waals surface area (Å²) in [6.45, 7) is 1.92. The van der Waals surface area contributed by atoms with Crippen molar-refractivity contribution in [3.8, 4) is 0 Å². The molecule has 2 aromatic rings. The van der Waals surface area contributed by atoms with E-state index < -0.39 is 0 Å². The summed E-state index contributed by atoms with van der Waals surface area (Å²) in [6, 6.07) is 12.4. The zero-order valence-electron chi connectivity index (χ0n) is 12.9. The third kappa shape index (κ3) is 5.74. The van der Waals surface area contributed by atoms with Crippen molar-refractivity contribution in [3.05, 3.63) is 58.1 Å². The van der Waals surface area contributed by atoms with Gasteiger partial charge in [0.1, 0.15) is 0 Å². The van der Waals surface area contributed by atoms with Gasteiger partial charge >= 0.3 is 0 Å². The van der Waals surface area contributed by atoms with Gasteiger partial charge in [-0.25, -0.2) is 0 Å². The van der Waals surface area contributed by atoms with Gasteiger partial charge in [0.2, 0.25) is 11.8 Å². The Bertz CT molecular complexity index is 753. The van der Waals surface area contributed by atoms with E-state index >= 15 is 0 Å². The molecule has 0 bridgehead atoms. The first-order chi connectivity index (χ1) is 11.5. The minimum atomic E-state index is -0.206. The maximum Gasteiger partial charge on any atom is 0.234 e. The summed E-state index contributed by atoms with van der Waals surface area (Å²) in [5.74, 6) is 0.0172. The van der Waals surface area contributed by atoms with Crippen molar-refractivity contribution in [1.29, 1.82) is 0 Å². The number of thioether (sulfide) groups is 1. The first-order valence-electron chi connectivity index (χ1n) is 7.14. The number of carbonyl (C=O) groups excluding carboxylic acids is 2. The van der Waals surface area contributed by atoms with Crippen LogP contribution in [0.4, 0.5) is 11.4 Å². The lowest BCUT2D eigenvalue weighted by Gasteiger charge is -2.08. The third-order valence-electron chi connectivity index (χ3n) is 3.09. The molecule has 0 saturated heterocycles. The first kappa shape index (κ1) is 18.6. The molecule has 2 amide bonds. The Morgan fingerprint density at radius 1 is 0.958 bits per heavy atom. The molecule has 0 heterocycles. The predicted octanol–water partition coefficient (Wildman–Crippen LogP) is 4.61. The minimum absolute atomic E-state index is 0.142. The van der Waals surface area contributed by atoms with Gasteiger partial charge in [-0.15, -0.1) is 11.8 Å². The Kier molecular flexibility index (Phi) is 6.97. The van der Waals surface area contributed by atoms with E-state index in [2.05, 4.69) is 10.6 Å². The molecule has 0 aliphatic heterocycles. The maximum atomic E-state index is 11.9. The zero-order chi connectivity index (χ0) is 17.5. The van der Waals surface area contributed by atoms with Gasteiger partial charge in [-0.1, -0.05) is 41.4 Å². The first-order valence-corrected chi connectivity index (χ1v) is 9.05. The second kappa shape index (κ2) is 8.97. The van der Waals surface area contributed by atoms with Crippen molar-refractivity contribution in [2.24, 2.45) is 0 Å². The van der Waals surface area contributed by atoms with Gasteiger partial charge in [-0.2, -0.15) is 0 Å². The summed E-state index contributed by atoms with van der Waals surface area (Å²) in [5.41, 5.74) is 2.34. The number of halogens is 2. The number of para-hydroxylation sites is 1. The number of anilines is 2. The molecule has 0 saturated carbocycles. The third-order valence-corrected chi connectivity index (χ3v) is 4.76. The van der Waals surface area contributed by atoms with Crippen LogP contribution in [0.1, 0.15) is 5.56 Å². The van der Waals surface area contributed by atoms with E-state index in [1.54, 1.807) is 18.2 Å². The maximum absolute atomic E-state index is 11.9. The Balaban J connectivity index is 1.75. The van der Waals surface area contributed by atoms with Gasteiger partial charge in [0.25, 0.3) is 0 Å². The fourth-order valence-electron chi connectivity index (χ4n) is 1.91. The summed E-state index contributed by atoms with van der Waals surface area (Å²) >= 11 is 12.9. The van der Waals surface area contributed by atoms with Crippen LogP contribution in [-0.2, 0) is 9.59 Å². The number of hydrogen-bond donors (Lipinski definition) is 2. The van der Waals surface area contributed by atoms with Crippen molar-refractivity contribution in [2.45, 2.75) is 6.92 Å². The highest BCUT2D eigenvalue weighted by molar-refractivity contribution is 8.00. The molecule has 2 aromatic carbocycles. The van der Waals surface area contributed by atoms with Crippen LogP contribution < -0.4 is 10.6 Å². The summed E-state index contributed by atoms with van der Waals surface area (Å²) in [7, 11) is 0. The van der Waals surface area contributed by atoms with E-state index in [4.69, 9.17) is 23.2 Å². The second-order valence-corrected chi connectivity index (χ2v) is 6.83. The van der Waals surface area contributed by atoms with Crippen molar-refractivity contribution < 1.29 is 9.59 Å². The van der Waals surface area contributed by atoms with E-state index in [0.717, 1.165) is 11.3 Å². The van der Waals surface area contributed by atoms with Gasteiger partial charge in [0, 0.05) is 11.4 Å². The average molecular weight is 383 g/mol. The Hall–Kier alpha value is -1.69.